The number of hydrogen-bond donors (Lipinski definition) is 1. The van der Waals surface area contributed by atoms with Gasteiger partial charge in [0.1, 0.15) is 0 Å². The van der Waals surface area contributed by atoms with Crippen molar-refractivity contribution in [2.24, 2.45) is 51.8 Å². The molecule has 0 spiro atoms. The van der Waals surface area contributed by atoms with Gasteiger partial charge >= 0.3 is 0 Å². The van der Waals surface area contributed by atoms with Crippen molar-refractivity contribution in [1.82, 2.24) is 0 Å². The van der Waals surface area contributed by atoms with E-state index in [2.05, 4.69) is 54.5 Å². The molecule has 0 aliphatic heterocycles. The molecule has 4 aliphatic carbocycles. The smallest absolute Gasteiger partial charge is 0.0577 e. The summed E-state index contributed by atoms with van der Waals surface area (Å²) in [6.45, 7) is 17.8. The molecular formula is C29H50O. The van der Waals surface area contributed by atoms with E-state index in [9.17, 15) is 5.11 Å². The van der Waals surface area contributed by atoms with Gasteiger partial charge < -0.3 is 5.11 Å². The third-order valence-electron chi connectivity index (χ3n) is 11.6. The van der Waals surface area contributed by atoms with Gasteiger partial charge in [0.15, 0.2) is 0 Å². The van der Waals surface area contributed by atoms with E-state index in [1.54, 1.807) is 5.57 Å². The number of aliphatic hydroxyl groups excluding tert-OH is 1. The highest BCUT2D eigenvalue weighted by molar-refractivity contribution is 5.28. The molecule has 0 aromatic rings. The number of fused-ring (bicyclic) bond motifs is 5. The monoisotopic (exact) mass is 414 g/mol. The molecule has 3 saturated carbocycles. The zero-order valence-electron chi connectivity index (χ0n) is 21.1. The van der Waals surface area contributed by atoms with Gasteiger partial charge in [-0.3, -0.25) is 0 Å². The van der Waals surface area contributed by atoms with Gasteiger partial charge in [-0.25, -0.2) is 0 Å². The lowest BCUT2D eigenvalue weighted by Gasteiger charge is -2.63. The zero-order chi connectivity index (χ0) is 21.9. The van der Waals surface area contributed by atoms with Gasteiger partial charge in [0.25, 0.3) is 0 Å². The van der Waals surface area contributed by atoms with E-state index in [0.29, 0.717) is 16.2 Å². The van der Waals surface area contributed by atoms with Crippen LogP contribution in [0.2, 0.25) is 0 Å². The van der Waals surface area contributed by atoms with Crippen LogP contribution in [0.5, 0.6) is 0 Å². The van der Waals surface area contributed by atoms with Crippen LogP contribution in [0, 0.1) is 51.8 Å². The molecule has 3 fully saturated rings. The minimum absolute atomic E-state index is 0.0903. The Morgan fingerprint density at radius 2 is 1.63 bits per heavy atom. The van der Waals surface area contributed by atoms with Crippen molar-refractivity contribution in [3.63, 3.8) is 0 Å². The normalized spacial score (nSPS) is 47.8. The van der Waals surface area contributed by atoms with E-state index >= 15 is 0 Å². The maximum atomic E-state index is 10.3. The molecule has 4 aliphatic rings. The SMILES string of the molecule is CC(C)[C@H](C)CC[C@@H](C)[C@H]1CC[C@@H]2[C@]1(C)CC[C@H]1[C@@]2(C)CC=C2C[C@@H](O)CC[C@@]21C. The summed E-state index contributed by atoms with van der Waals surface area (Å²) in [7, 11) is 0. The Morgan fingerprint density at radius 3 is 2.33 bits per heavy atom. The maximum absolute atomic E-state index is 10.3. The largest absolute Gasteiger partial charge is 0.393 e. The minimum Gasteiger partial charge on any atom is -0.393 e. The fraction of sp³-hybridized carbons (Fsp3) is 0.931. The standard InChI is InChI=1S/C29H50O/c1-19(2)20(3)8-9-21(4)24-10-11-25-28(24,6)17-14-26-27(5)16-13-23(30)18-22(27)12-15-29(25,26)7/h12,19-21,23-26,30H,8-11,13-18H2,1-7H3/t20-,21-,23+,24-,25-,26-,27+,28-,29+/m1/s1. The first-order chi connectivity index (χ1) is 14.0. The van der Waals surface area contributed by atoms with Crippen molar-refractivity contribution < 1.29 is 5.11 Å². The Labute approximate surface area is 187 Å². The molecule has 30 heavy (non-hydrogen) atoms. The molecule has 9 atom stereocenters. The molecule has 172 valence electrons. The molecule has 0 bridgehead atoms. The molecule has 0 aromatic heterocycles. The van der Waals surface area contributed by atoms with E-state index in [4.69, 9.17) is 0 Å². The number of rotatable bonds is 5. The molecule has 0 heterocycles. The highest BCUT2D eigenvalue weighted by atomic mass is 16.3. The molecule has 0 saturated heterocycles. The van der Waals surface area contributed by atoms with Gasteiger partial charge in [0.2, 0.25) is 0 Å². The molecule has 1 N–H and O–H groups in total. The zero-order valence-corrected chi connectivity index (χ0v) is 21.1. The summed E-state index contributed by atoms with van der Waals surface area (Å²) in [6.07, 6.45) is 15.5. The van der Waals surface area contributed by atoms with Crippen LogP contribution in [-0.4, -0.2) is 11.2 Å². The molecule has 1 nitrogen and oxygen atoms in total. The third kappa shape index (κ3) is 3.45. The highest BCUT2D eigenvalue weighted by Crippen LogP contribution is 2.71. The summed E-state index contributed by atoms with van der Waals surface area (Å²) < 4.78 is 0. The number of hydrogen-bond acceptors (Lipinski definition) is 1. The van der Waals surface area contributed by atoms with Crippen LogP contribution in [0.25, 0.3) is 0 Å². The van der Waals surface area contributed by atoms with Gasteiger partial charge in [-0.2, -0.15) is 0 Å². The Hall–Kier alpha value is -0.300. The van der Waals surface area contributed by atoms with Crippen molar-refractivity contribution in [3.05, 3.63) is 11.6 Å². The topological polar surface area (TPSA) is 20.2 Å². The second-order valence-electron chi connectivity index (χ2n) is 13.4. The van der Waals surface area contributed by atoms with E-state index in [1.165, 1.54) is 51.4 Å². The Bertz CT molecular complexity index is 663. The van der Waals surface area contributed by atoms with Crippen LogP contribution in [0.4, 0.5) is 0 Å². The quantitative estimate of drug-likeness (QED) is 0.451. The lowest BCUT2D eigenvalue weighted by atomic mass is 9.41. The first-order valence-electron chi connectivity index (χ1n) is 13.4. The lowest BCUT2D eigenvalue weighted by Crippen LogP contribution is -2.56. The Morgan fingerprint density at radius 1 is 0.900 bits per heavy atom. The molecule has 1 heteroatoms. The van der Waals surface area contributed by atoms with Crippen LogP contribution in [0.15, 0.2) is 11.6 Å². The second-order valence-corrected chi connectivity index (χ2v) is 13.4. The maximum Gasteiger partial charge on any atom is 0.0577 e. The minimum atomic E-state index is -0.0903. The summed E-state index contributed by atoms with van der Waals surface area (Å²) in [5, 5.41) is 10.3. The average Bonchev–Trinajstić information content (AvgIpc) is 3.05. The van der Waals surface area contributed by atoms with Crippen LogP contribution < -0.4 is 0 Å². The lowest BCUT2D eigenvalue weighted by molar-refractivity contribution is -0.114. The van der Waals surface area contributed by atoms with Crippen molar-refractivity contribution in [1.29, 1.82) is 0 Å². The predicted molar refractivity (Wildman–Crippen MR) is 128 cm³/mol. The first-order valence-corrected chi connectivity index (χ1v) is 13.4. The fourth-order valence-corrected chi connectivity index (χ4v) is 9.33. The average molecular weight is 415 g/mol. The van der Waals surface area contributed by atoms with Gasteiger partial charge in [-0.05, 0) is 103 Å². The summed E-state index contributed by atoms with van der Waals surface area (Å²) in [5.41, 5.74) is 2.97. The van der Waals surface area contributed by atoms with Crippen molar-refractivity contribution in [2.45, 2.75) is 119 Å². The van der Waals surface area contributed by atoms with Crippen LogP contribution in [0.1, 0.15) is 113 Å². The summed E-state index contributed by atoms with van der Waals surface area (Å²) in [4.78, 5) is 0. The fourth-order valence-electron chi connectivity index (χ4n) is 9.33. The number of aliphatic hydroxyl groups is 1. The summed E-state index contributed by atoms with van der Waals surface area (Å²) in [6, 6.07) is 0. The molecule has 0 amide bonds. The van der Waals surface area contributed by atoms with Crippen molar-refractivity contribution >= 4 is 0 Å². The second kappa shape index (κ2) is 7.93. The van der Waals surface area contributed by atoms with Gasteiger partial charge in [0, 0.05) is 0 Å². The van der Waals surface area contributed by atoms with Gasteiger partial charge in [0.05, 0.1) is 6.10 Å². The molecule has 0 aromatic carbocycles. The first kappa shape index (κ1) is 22.9. The number of allylic oxidation sites excluding steroid dienone is 1. The van der Waals surface area contributed by atoms with Gasteiger partial charge in [-0.15, -0.1) is 0 Å². The summed E-state index contributed by atoms with van der Waals surface area (Å²) >= 11 is 0. The van der Waals surface area contributed by atoms with Crippen molar-refractivity contribution in [2.75, 3.05) is 0 Å². The molecule has 0 radical (unpaired) electrons. The predicted octanol–water partition coefficient (Wildman–Crippen LogP) is 8.02. The van der Waals surface area contributed by atoms with Crippen LogP contribution in [0.3, 0.4) is 0 Å². The van der Waals surface area contributed by atoms with E-state index in [-0.39, 0.29) is 6.10 Å². The van der Waals surface area contributed by atoms with E-state index in [1.807, 2.05) is 0 Å². The highest BCUT2D eigenvalue weighted by Gasteiger charge is 2.63. The third-order valence-corrected chi connectivity index (χ3v) is 11.6. The van der Waals surface area contributed by atoms with Gasteiger partial charge in [-0.1, -0.05) is 73.0 Å². The molecular weight excluding hydrogens is 364 g/mol. The van der Waals surface area contributed by atoms with Crippen LogP contribution in [-0.2, 0) is 0 Å². The Kier molecular flexibility index (Phi) is 6.05. The Balaban J connectivity index is 1.54. The summed E-state index contributed by atoms with van der Waals surface area (Å²) in [5.74, 6) is 5.18. The van der Waals surface area contributed by atoms with Crippen molar-refractivity contribution in [3.8, 4) is 0 Å². The van der Waals surface area contributed by atoms with E-state index in [0.717, 1.165) is 48.3 Å². The van der Waals surface area contributed by atoms with E-state index < -0.39 is 0 Å². The molecule has 4 rings (SSSR count). The molecule has 0 unspecified atom stereocenters. The van der Waals surface area contributed by atoms with Crippen LogP contribution >= 0.6 is 0 Å².